The zero-order valence-corrected chi connectivity index (χ0v) is 15.4. The predicted molar refractivity (Wildman–Crippen MR) is 101 cm³/mol. The molecule has 1 saturated heterocycles. The normalized spacial score (nSPS) is 16.7. The van der Waals surface area contributed by atoms with Crippen molar-refractivity contribution < 1.29 is 18.7 Å². The summed E-state index contributed by atoms with van der Waals surface area (Å²) in [7, 11) is 0. The van der Waals surface area contributed by atoms with Crippen LogP contribution in [0.1, 0.15) is 25.8 Å². The molecule has 0 bridgehead atoms. The molecule has 1 aliphatic rings. The van der Waals surface area contributed by atoms with E-state index in [0.717, 1.165) is 11.3 Å². The van der Waals surface area contributed by atoms with Crippen molar-refractivity contribution in [1.29, 1.82) is 0 Å². The summed E-state index contributed by atoms with van der Waals surface area (Å²) in [4.78, 5) is 26.0. The number of para-hydroxylation sites is 1. The molecule has 2 aromatic rings. The lowest BCUT2D eigenvalue weighted by atomic mass is 10.1. The molecular weight excluding hydrogens is 347 g/mol. The zero-order valence-electron chi connectivity index (χ0n) is 15.4. The minimum atomic E-state index is -0.486. The van der Waals surface area contributed by atoms with Crippen LogP contribution in [0.25, 0.3) is 0 Å². The van der Waals surface area contributed by atoms with Crippen LogP contribution in [0.15, 0.2) is 48.5 Å². The molecule has 3 rings (SSSR count). The van der Waals surface area contributed by atoms with Crippen LogP contribution in [0, 0.1) is 11.7 Å². The highest BCUT2D eigenvalue weighted by atomic mass is 19.1. The number of hydrogen-bond acceptors (Lipinski definition) is 3. The van der Waals surface area contributed by atoms with Gasteiger partial charge in [0.05, 0.1) is 17.7 Å². The summed E-state index contributed by atoms with van der Waals surface area (Å²) >= 11 is 0. The van der Waals surface area contributed by atoms with Gasteiger partial charge in [-0.25, -0.2) is 4.39 Å². The molecule has 1 fully saturated rings. The Morgan fingerprint density at radius 1 is 1.22 bits per heavy atom. The highest BCUT2D eigenvalue weighted by Crippen LogP contribution is 2.27. The number of carbonyl (C=O) groups is 2. The Morgan fingerprint density at radius 2 is 1.93 bits per heavy atom. The molecule has 1 aliphatic heterocycles. The van der Waals surface area contributed by atoms with Crippen LogP contribution < -0.4 is 15.0 Å². The summed E-state index contributed by atoms with van der Waals surface area (Å²) in [5, 5.41) is 2.86. The van der Waals surface area contributed by atoms with Crippen LogP contribution in [0.2, 0.25) is 0 Å². The number of nitrogens with one attached hydrogen (secondary N) is 1. The van der Waals surface area contributed by atoms with Crippen molar-refractivity contribution in [3.8, 4) is 5.75 Å². The third-order valence-corrected chi connectivity index (χ3v) is 4.40. The van der Waals surface area contributed by atoms with E-state index < -0.39 is 11.7 Å². The minimum Gasteiger partial charge on any atom is -0.491 e. The van der Waals surface area contributed by atoms with Crippen LogP contribution in [0.3, 0.4) is 0 Å². The van der Waals surface area contributed by atoms with E-state index in [1.807, 2.05) is 38.1 Å². The Balaban J connectivity index is 1.56. The number of rotatable bonds is 6. The second kappa shape index (κ2) is 8.20. The first-order valence-electron chi connectivity index (χ1n) is 9.02. The number of ether oxygens (including phenoxy) is 1. The SMILES string of the molecule is CC(C)Oc1ccc(CNC(=O)[C@@H]2CC(=O)N(c3ccccc3F)C2)cc1. The van der Waals surface area contributed by atoms with Gasteiger partial charge in [-0.05, 0) is 43.7 Å². The third kappa shape index (κ3) is 4.64. The first-order valence-corrected chi connectivity index (χ1v) is 9.02. The second-order valence-corrected chi connectivity index (χ2v) is 6.89. The van der Waals surface area contributed by atoms with E-state index in [9.17, 15) is 14.0 Å². The number of anilines is 1. The van der Waals surface area contributed by atoms with Gasteiger partial charge in [0.2, 0.25) is 11.8 Å². The van der Waals surface area contributed by atoms with Gasteiger partial charge in [0, 0.05) is 19.5 Å². The molecule has 0 aromatic heterocycles. The van der Waals surface area contributed by atoms with Crippen molar-refractivity contribution in [2.24, 2.45) is 5.92 Å². The summed E-state index contributed by atoms with van der Waals surface area (Å²) in [5.41, 5.74) is 1.16. The van der Waals surface area contributed by atoms with E-state index in [2.05, 4.69) is 5.32 Å². The second-order valence-electron chi connectivity index (χ2n) is 6.89. The minimum absolute atomic E-state index is 0.0847. The maximum absolute atomic E-state index is 13.9. The smallest absolute Gasteiger partial charge is 0.227 e. The van der Waals surface area contributed by atoms with Crippen molar-refractivity contribution in [3.05, 3.63) is 59.9 Å². The van der Waals surface area contributed by atoms with Gasteiger partial charge in [0.25, 0.3) is 0 Å². The highest BCUT2D eigenvalue weighted by molar-refractivity contribution is 6.00. The lowest BCUT2D eigenvalue weighted by Crippen LogP contribution is -2.32. The number of carbonyl (C=O) groups excluding carboxylic acids is 2. The van der Waals surface area contributed by atoms with E-state index in [4.69, 9.17) is 4.74 Å². The monoisotopic (exact) mass is 370 g/mol. The van der Waals surface area contributed by atoms with Gasteiger partial charge in [-0.15, -0.1) is 0 Å². The van der Waals surface area contributed by atoms with E-state index in [0.29, 0.717) is 6.54 Å². The van der Waals surface area contributed by atoms with Crippen molar-refractivity contribution in [2.75, 3.05) is 11.4 Å². The molecule has 1 atom stereocenters. The van der Waals surface area contributed by atoms with Crippen molar-refractivity contribution in [1.82, 2.24) is 5.32 Å². The fourth-order valence-corrected chi connectivity index (χ4v) is 3.08. The quantitative estimate of drug-likeness (QED) is 0.849. The first-order chi connectivity index (χ1) is 12.9. The fraction of sp³-hybridized carbons (Fsp3) is 0.333. The molecule has 142 valence electrons. The largest absolute Gasteiger partial charge is 0.491 e. The molecule has 2 amide bonds. The fourth-order valence-electron chi connectivity index (χ4n) is 3.08. The standard InChI is InChI=1S/C21H23FN2O3/c1-14(2)27-17-9-7-15(8-10-17)12-23-21(26)16-11-20(25)24(13-16)19-6-4-3-5-18(19)22/h3-10,14,16H,11-13H2,1-2H3,(H,23,26)/t16-/m1/s1. The molecular formula is C21H23FN2O3. The first kappa shape index (κ1) is 18.9. The molecule has 27 heavy (non-hydrogen) atoms. The maximum Gasteiger partial charge on any atom is 0.227 e. The summed E-state index contributed by atoms with van der Waals surface area (Å²) < 4.78 is 19.5. The Bertz CT molecular complexity index is 820. The van der Waals surface area contributed by atoms with Gasteiger partial charge in [-0.3, -0.25) is 9.59 Å². The number of halogens is 1. The van der Waals surface area contributed by atoms with E-state index in [1.165, 1.54) is 11.0 Å². The van der Waals surface area contributed by atoms with E-state index >= 15 is 0 Å². The van der Waals surface area contributed by atoms with Gasteiger partial charge < -0.3 is 15.0 Å². The average Bonchev–Trinajstić information content (AvgIpc) is 3.02. The number of benzene rings is 2. The van der Waals surface area contributed by atoms with Crippen LogP contribution >= 0.6 is 0 Å². The molecule has 6 heteroatoms. The zero-order chi connectivity index (χ0) is 19.4. The summed E-state index contributed by atoms with van der Waals surface area (Å²) in [6.07, 6.45) is 0.189. The average molecular weight is 370 g/mol. The lowest BCUT2D eigenvalue weighted by molar-refractivity contribution is -0.126. The molecule has 5 nitrogen and oxygen atoms in total. The Hall–Kier alpha value is -2.89. The highest BCUT2D eigenvalue weighted by Gasteiger charge is 2.35. The van der Waals surface area contributed by atoms with Gasteiger partial charge in [0.1, 0.15) is 11.6 Å². The Kier molecular flexibility index (Phi) is 5.74. The van der Waals surface area contributed by atoms with Crippen LogP contribution in [0.4, 0.5) is 10.1 Å². The van der Waals surface area contributed by atoms with E-state index in [-0.39, 0.29) is 36.6 Å². The van der Waals surface area contributed by atoms with Gasteiger partial charge in [-0.2, -0.15) is 0 Å². The van der Waals surface area contributed by atoms with Gasteiger partial charge >= 0.3 is 0 Å². The number of hydrogen-bond donors (Lipinski definition) is 1. The van der Waals surface area contributed by atoms with Gasteiger partial charge in [0.15, 0.2) is 0 Å². The molecule has 0 radical (unpaired) electrons. The maximum atomic E-state index is 13.9. The van der Waals surface area contributed by atoms with Crippen LogP contribution in [-0.4, -0.2) is 24.5 Å². The summed E-state index contributed by atoms with van der Waals surface area (Å²) in [5.74, 6) is -0.613. The lowest BCUT2D eigenvalue weighted by Gasteiger charge is -2.17. The van der Waals surface area contributed by atoms with Gasteiger partial charge in [-0.1, -0.05) is 24.3 Å². The van der Waals surface area contributed by atoms with Crippen molar-refractivity contribution in [3.63, 3.8) is 0 Å². The topological polar surface area (TPSA) is 58.6 Å². The summed E-state index contributed by atoms with van der Waals surface area (Å²) in [6.45, 7) is 4.47. The van der Waals surface area contributed by atoms with Crippen LogP contribution in [-0.2, 0) is 16.1 Å². The van der Waals surface area contributed by atoms with E-state index in [1.54, 1.807) is 18.2 Å². The predicted octanol–water partition coefficient (Wildman–Crippen LogP) is 3.28. The number of nitrogens with zero attached hydrogens (tertiary/aromatic N) is 1. The molecule has 2 aromatic carbocycles. The Morgan fingerprint density at radius 3 is 2.59 bits per heavy atom. The molecule has 1 heterocycles. The number of amides is 2. The molecule has 0 saturated carbocycles. The molecule has 0 unspecified atom stereocenters. The molecule has 0 aliphatic carbocycles. The van der Waals surface area contributed by atoms with Crippen molar-refractivity contribution in [2.45, 2.75) is 32.9 Å². The van der Waals surface area contributed by atoms with Crippen molar-refractivity contribution >= 4 is 17.5 Å². The van der Waals surface area contributed by atoms with Crippen LogP contribution in [0.5, 0.6) is 5.75 Å². The third-order valence-electron chi connectivity index (χ3n) is 4.40. The molecule has 0 spiro atoms. The molecule has 1 N–H and O–H groups in total. The summed E-state index contributed by atoms with van der Waals surface area (Å²) in [6, 6.07) is 13.6. The Labute approximate surface area is 158 Å².